The number of fused-ring (bicyclic) bond motifs is 1. The number of aryl methyl sites for hydroxylation is 2. The Morgan fingerprint density at radius 3 is 2.76 bits per heavy atom. The maximum Gasteiger partial charge on any atom is 0.262 e. The van der Waals surface area contributed by atoms with Crippen molar-refractivity contribution in [2.75, 3.05) is 11.9 Å². The molecule has 0 bridgehead atoms. The van der Waals surface area contributed by atoms with Gasteiger partial charge in [0.05, 0.1) is 18.1 Å². The van der Waals surface area contributed by atoms with E-state index in [1.807, 2.05) is 56.6 Å². The maximum absolute atomic E-state index is 12.1. The molecule has 25 heavy (non-hydrogen) atoms. The molecule has 3 aromatic rings. The van der Waals surface area contributed by atoms with E-state index >= 15 is 0 Å². The van der Waals surface area contributed by atoms with E-state index in [1.165, 1.54) is 0 Å². The Kier molecular flexibility index (Phi) is 4.70. The van der Waals surface area contributed by atoms with Crippen molar-refractivity contribution >= 4 is 22.6 Å². The van der Waals surface area contributed by atoms with E-state index in [0.717, 1.165) is 22.2 Å². The summed E-state index contributed by atoms with van der Waals surface area (Å²) in [6.07, 6.45) is 3.39. The van der Waals surface area contributed by atoms with E-state index in [9.17, 15) is 4.79 Å². The van der Waals surface area contributed by atoms with Gasteiger partial charge in [-0.3, -0.25) is 4.79 Å². The van der Waals surface area contributed by atoms with Gasteiger partial charge in [0, 0.05) is 11.4 Å². The number of hydrogen-bond acceptors (Lipinski definition) is 4. The number of benzene rings is 1. The zero-order valence-electron chi connectivity index (χ0n) is 14.9. The molecule has 0 aliphatic heterocycles. The van der Waals surface area contributed by atoms with Gasteiger partial charge in [-0.05, 0) is 45.4 Å². The number of pyridine rings is 1. The van der Waals surface area contributed by atoms with Crippen LogP contribution in [0.4, 0.5) is 5.69 Å². The summed E-state index contributed by atoms with van der Waals surface area (Å²) < 4.78 is 7.45. The molecule has 2 aromatic heterocycles. The van der Waals surface area contributed by atoms with Crippen molar-refractivity contribution in [3.8, 4) is 5.75 Å². The molecule has 6 heteroatoms. The zero-order chi connectivity index (χ0) is 18.0. The van der Waals surface area contributed by atoms with Gasteiger partial charge in [-0.1, -0.05) is 17.7 Å². The molecule has 0 fully saturated rings. The fourth-order valence-electron chi connectivity index (χ4n) is 2.69. The summed E-state index contributed by atoms with van der Waals surface area (Å²) in [4.78, 5) is 16.5. The fraction of sp³-hybridized carbons (Fsp3) is 0.316. The summed E-state index contributed by atoms with van der Waals surface area (Å²) in [5, 5.41) is 8.03. The first-order valence-corrected chi connectivity index (χ1v) is 8.27. The molecule has 1 aromatic carbocycles. The van der Waals surface area contributed by atoms with Gasteiger partial charge in [0.25, 0.3) is 5.91 Å². The molecule has 0 aliphatic carbocycles. The lowest BCUT2D eigenvalue weighted by molar-refractivity contribution is -0.118. The average Bonchev–Trinajstić information content (AvgIpc) is 2.97. The monoisotopic (exact) mass is 338 g/mol. The number of aromatic nitrogens is 3. The van der Waals surface area contributed by atoms with Crippen LogP contribution in [0.5, 0.6) is 5.75 Å². The van der Waals surface area contributed by atoms with Crippen molar-refractivity contribution in [2.24, 2.45) is 0 Å². The summed E-state index contributed by atoms with van der Waals surface area (Å²) in [7, 11) is 0. The van der Waals surface area contributed by atoms with E-state index in [2.05, 4.69) is 15.4 Å². The third-order valence-electron chi connectivity index (χ3n) is 3.90. The number of nitrogens with zero attached hydrogens (tertiary/aromatic N) is 3. The molecule has 6 nitrogen and oxygen atoms in total. The molecule has 0 unspecified atom stereocenters. The van der Waals surface area contributed by atoms with Crippen LogP contribution in [-0.4, -0.2) is 27.3 Å². The number of carbonyl (C=O) groups is 1. The summed E-state index contributed by atoms with van der Waals surface area (Å²) >= 11 is 0. The van der Waals surface area contributed by atoms with Crippen molar-refractivity contribution < 1.29 is 9.53 Å². The highest BCUT2D eigenvalue weighted by Crippen LogP contribution is 2.20. The van der Waals surface area contributed by atoms with Gasteiger partial charge in [-0.2, -0.15) is 5.10 Å². The fourth-order valence-corrected chi connectivity index (χ4v) is 2.69. The predicted molar refractivity (Wildman–Crippen MR) is 98.0 cm³/mol. The van der Waals surface area contributed by atoms with Crippen LogP contribution in [0, 0.1) is 13.8 Å². The average molecular weight is 338 g/mol. The van der Waals surface area contributed by atoms with Gasteiger partial charge in [0.15, 0.2) is 12.3 Å². The van der Waals surface area contributed by atoms with Gasteiger partial charge in [0.2, 0.25) is 0 Å². The van der Waals surface area contributed by atoms with Crippen molar-refractivity contribution in [1.82, 2.24) is 14.8 Å². The van der Waals surface area contributed by atoms with Gasteiger partial charge in [0.1, 0.15) is 5.75 Å². The number of rotatable bonds is 5. The first-order valence-electron chi connectivity index (χ1n) is 8.27. The van der Waals surface area contributed by atoms with Crippen LogP contribution < -0.4 is 10.1 Å². The van der Waals surface area contributed by atoms with Crippen LogP contribution in [0.2, 0.25) is 0 Å². The molecule has 0 aliphatic rings. The molecule has 0 saturated heterocycles. The van der Waals surface area contributed by atoms with Crippen LogP contribution in [0.25, 0.3) is 11.0 Å². The number of ether oxygens (including phenoxy) is 1. The second-order valence-corrected chi connectivity index (χ2v) is 6.43. The highest BCUT2D eigenvalue weighted by atomic mass is 16.5. The Hall–Kier alpha value is -2.89. The van der Waals surface area contributed by atoms with Crippen LogP contribution in [0.15, 0.2) is 36.7 Å². The number of hydrogen-bond donors (Lipinski definition) is 1. The van der Waals surface area contributed by atoms with Crippen molar-refractivity contribution in [1.29, 1.82) is 0 Å². The Morgan fingerprint density at radius 2 is 2.04 bits per heavy atom. The molecule has 0 spiro atoms. The second-order valence-electron chi connectivity index (χ2n) is 6.43. The lowest BCUT2D eigenvalue weighted by Crippen LogP contribution is -2.20. The smallest absolute Gasteiger partial charge is 0.262 e. The molecule has 2 heterocycles. The number of anilines is 1. The van der Waals surface area contributed by atoms with E-state index < -0.39 is 0 Å². The summed E-state index contributed by atoms with van der Waals surface area (Å²) in [5.41, 5.74) is 3.61. The summed E-state index contributed by atoms with van der Waals surface area (Å²) in [5.74, 6) is 0.491. The van der Waals surface area contributed by atoms with Crippen molar-refractivity contribution in [2.45, 2.75) is 33.7 Å². The Bertz CT molecular complexity index is 915. The number of nitrogens with one attached hydrogen (secondary N) is 1. The first kappa shape index (κ1) is 17.0. The van der Waals surface area contributed by atoms with E-state index in [-0.39, 0.29) is 18.6 Å². The minimum Gasteiger partial charge on any atom is -0.483 e. The molecule has 0 saturated carbocycles. The largest absolute Gasteiger partial charge is 0.483 e. The van der Waals surface area contributed by atoms with Gasteiger partial charge in [-0.25, -0.2) is 9.67 Å². The van der Waals surface area contributed by atoms with Crippen LogP contribution >= 0.6 is 0 Å². The Labute approximate surface area is 146 Å². The molecule has 0 radical (unpaired) electrons. The number of amides is 1. The minimum absolute atomic E-state index is 0.0484. The first-order chi connectivity index (χ1) is 11.9. The van der Waals surface area contributed by atoms with E-state index in [1.54, 1.807) is 12.4 Å². The molecule has 130 valence electrons. The topological polar surface area (TPSA) is 69.0 Å². The molecular weight excluding hydrogens is 316 g/mol. The van der Waals surface area contributed by atoms with Gasteiger partial charge in [-0.15, -0.1) is 0 Å². The molecule has 3 rings (SSSR count). The molecular formula is C19H22N4O2. The number of carbonyl (C=O) groups excluding carboxylic acids is 1. The molecule has 1 amide bonds. The molecule has 0 atom stereocenters. The SMILES string of the molecule is Cc1ccc(OCC(=O)Nc2cnc3c(cnn3C(C)C)c2)c(C)c1. The highest BCUT2D eigenvalue weighted by molar-refractivity contribution is 5.93. The lowest BCUT2D eigenvalue weighted by atomic mass is 10.1. The van der Waals surface area contributed by atoms with Gasteiger partial charge >= 0.3 is 0 Å². The minimum atomic E-state index is -0.225. The summed E-state index contributed by atoms with van der Waals surface area (Å²) in [6, 6.07) is 7.97. The van der Waals surface area contributed by atoms with Gasteiger partial charge < -0.3 is 10.1 Å². The second kappa shape index (κ2) is 6.93. The van der Waals surface area contributed by atoms with E-state index in [4.69, 9.17) is 4.74 Å². The lowest BCUT2D eigenvalue weighted by Gasteiger charge is -2.10. The Balaban J connectivity index is 1.65. The maximum atomic E-state index is 12.1. The third kappa shape index (κ3) is 3.79. The van der Waals surface area contributed by atoms with Crippen molar-refractivity contribution in [3.63, 3.8) is 0 Å². The summed E-state index contributed by atoms with van der Waals surface area (Å²) in [6.45, 7) is 8.04. The third-order valence-corrected chi connectivity index (χ3v) is 3.90. The quantitative estimate of drug-likeness (QED) is 0.771. The van der Waals surface area contributed by atoms with Crippen LogP contribution in [0.1, 0.15) is 31.0 Å². The predicted octanol–water partition coefficient (Wildman–Crippen LogP) is 3.65. The van der Waals surface area contributed by atoms with Crippen LogP contribution in [0.3, 0.4) is 0 Å². The highest BCUT2D eigenvalue weighted by Gasteiger charge is 2.10. The Morgan fingerprint density at radius 1 is 1.24 bits per heavy atom. The van der Waals surface area contributed by atoms with E-state index in [0.29, 0.717) is 11.4 Å². The normalized spacial score (nSPS) is 11.1. The zero-order valence-corrected chi connectivity index (χ0v) is 14.9. The molecule has 1 N–H and O–H groups in total. The standard InChI is InChI=1S/C19H22N4O2/c1-12(2)23-19-15(9-21-23)8-16(10-20-19)22-18(24)11-25-17-6-5-13(3)7-14(17)4/h5-10,12H,11H2,1-4H3,(H,22,24). The van der Waals surface area contributed by atoms with Crippen LogP contribution in [-0.2, 0) is 4.79 Å². The van der Waals surface area contributed by atoms with Crippen molar-refractivity contribution in [3.05, 3.63) is 47.8 Å².